The fourth-order valence-electron chi connectivity index (χ4n) is 4.22. The molecule has 0 aliphatic carbocycles. The second kappa shape index (κ2) is 11.8. The summed E-state index contributed by atoms with van der Waals surface area (Å²) in [6.07, 6.45) is 1.27. The molecule has 5 rings (SSSR count). The molecular weight excluding hydrogens is 569 g/mol. The number of nitriles is 2. The minimum absolute atomic E-state index is 0.00659. The van der Waals surface area contributed by atoms with Crippen molar-refractivity contribution >= 4 is 29.2 Å². The smallest absolute Gasteiger partial charge is 0.226 e. The molecule has 1 atom stereocenters. The standard InChI is InChI=1S/C29H23ClFN5O4S/c1-29(2)39-14-20(40-29)13-37-19-6-3-16(4-7-19)25-21(10-32)26(34)36-28(22(25)11-33)41-15-18-12-38-27(35-18)17-5-8-24(31)23(30)9-17/h3-9,12,20H,13-15H2,1-2H3,(H2,34,36)/t20-/m1/s1. The molecule has 41 heavy (non-hydrogen) atoms. The lowest BCUT2D eigenvalue weighted by molar-refractivity contribution is -0.141. The van der Waals surface area contributed by atoms with Crippen molar-refractivity contribution in [3.05, 3.63) is 76.4 Å². The van der Waals surface area contributed by atoms with Crippen LogP contribution in [0, 0.1) is 28.5 Å². The number of pyridine rings is 1. The minimum atomic E-state index is -0.636. The van der Waals surface area contributed by atoms with E-state index in [1.165, 1.54) is 36.2 Å². The minimum Gasteiger partial charge on any atom is -0.491 e. The number of nitrogens with zero attached hydrogens (tertiary/aromatic N) is 4. The molecule has 0 spiro atoms. The Bertz CT molecular complexity index is 1680. The van der Waals surface area contributed by atoms with Crippen molar-refractivity contribution in [1.82, 2.24) is 9.97 Å². The third-order valence-corrected chi connectivity index (χ3v) is 7.44. The fourth-order valence-corrected chi connectivity index (χ4v) is 5.27. The van der Waals surface area contributed by atoms with Gasteiger partial charge < -0.3 is 24.4 Å². The Labute approximate surface area is 244 Å². The van der Waals surface area contributed by atoms with Crippen molar-refractivity contribution in [2.45, 2.75) is 36.5 Å². The number of anilines is 1. The van der Waals surface area contributed by atoms with Crippen molar-refractivity contribution in [2.24, 2.45) is 0 Å². The first kappa shape index (κ1) is 28.4. The molecule has 0 radical (unpaired) electrons. The lowest BCUT2D eigenvalue weighted by Crippen LogP contribution is -2.25. The molecule has 0 unspecified atom stereocenters. The number of hydrogen-bond acceptors (Lipinski definition) is 10. The van der Waals surface area contributed by atoms with Gasteiger partial charge in [0.05, 0.1) is 22.9 Å². The molecule has 4 aromatic rings. The van der Waals surface area contributed by atoms with Crippen LogP contribution >= 0.6 is 23.4 Å². The Hall–Kier alpha value is -4.13. The highest BCUT2D eigenvalue weighted by Gasteiger charge is 2.33. The molecule has 9 nitrogen and oxygen atoms in total. The Balaban J connectivity index is 1.35. The third-order valence-electron chi connectivity index (χ3n) is 6.14. The zero-order valence-electron chi connectivity index (χ0n) is 22.0. The van der Waals surface area contributed by atoms with Gasteiger partial charge in [0, 0.05) is 16.9 Å². The molecule has 2 N–H and O–H groups in total. The summed E-state index contributed by atoms with van der Waals surface area (Å²) in [5.74, 6) is -0.00634. The van der Waals surface area contributed by atoms with Gasteiger partial charge in [0.1, 0.15) is 59.1 Å². The maximum absolute atomic E-state index is 13.5. The summed E-state index contributed by atoms with van der Waals surface area (Å²) in [5.41, 5.74) is 8.54. The number of rotatable bonds is 8. The molecule has 2 aromatic carbocycles. The van der Waals surface area contributed by atoms with Gasteiger partial charge in [0.15, 0.2) is 5.79 Å². The molecule has 0 saturated carbocycles. The number of ether oxygens (including phenoxy) is 3. The number of hydrogen-bond donors (Lipinski definition) is 1. The van der Waals surface area contributed by atoms with Gasteiger partial charge in [0.2, 0.25) is 5.89 Å². The Kier molecular flexibility index (Phi) is 8.15. The van der Waals surface area contributed by atoms with Crippen LogP contribution in [-0.4, -0.2) is 35.1 Å². The summed E-state index contributed by atoms with van der Waals surface area (Å²) in [5, 5.41) is 20.2. The molecule has 1 aliphatic rings. The number of nitrogens with two attached hydrogens (primary N) is 1. The first-order valence-corrected chi connectivity index (χ1v) is 13.7. The van der Waals surface area contributed by atoms with Crippen molar-refractivity contribution in [1.29, 1.82) is 10.5 Å². The van der Waals surface area contributed by atoms with Gasteiger partial charge in [-0.05, 0) is 49.7 Å². The van der Waals surface area contributed by atoms with Crippen molar-refractivity contribution < 1.29 is 23.0 Å². The SMILES string of the molecule is CC1(C)OC[C@@H](COc2ccc(-c3c(C#N)c(N)nc(SCc4coc(-c5ccc(F)c(Cl)c5)n4)c3C#N)cc2)O1. The van der Waals surface area contributed by atoms with Gasteiger partial charge in [0.25, 0.3) is 0 Å². The average Bonchev–Trinajstić information content (AvgIpc) is 3.58. The van der Waals surface area contributed by atoms with Crippen LogP contribution in [-0.2, 0) is 15.2 Å². The number of thioether (sulfide) groups is 1. The zero-order chi connectivity index (χ0) is 29.1. The van der Waals surface area contributed by atoms with Crippen LogP contribution in [0.4, 0.5) is 10.2 Å². The molecule has 1 saturated heterocycles. The number of benzene rings is 2. The summed E-state index contributed by atoms with van der Waals surface area (Å²) in [6.45, 7) is 4.45. The Morgan fingerprint density at radius 1 is 1.12 bits per heavy atom. The molecule has 0 amide bonds. The van der Waals surface area contributed by atoms with E-state index >= 15 is 0 Å². The highest BCUT2D eigenvalue weighted by molar-refractivity contribution is 7.98. The summed E-state index contributed by atoms with van der Waals surface area (Å²) in [7, 11) is 0. The number of aromatic nitrogens is 2. The van der Waals surface area contributed by atoms with Gasteiger partial charge in [-0.3, -0.25) is 0 Å². The lowest BCUT2D eigenvalue weighted by Gasteiger charge is -2.17. The van der Waals surface area contributed by atoms with E-state index in [4.69, 9.17) is 36.0 Å². The van der Waals surface area contributed by atoms with Gasteiger partial charge in [-0.25, -0.2) is 14.4 Å². The van der Waals surface area contributed by atoms with Crippen LogP contribution in [0.25, 0.3) is 22.6 Å². The van der Waals surface area contributed by atoms with Crippen LogP contribution in [0.2, 0.25) is 5.02 Å². The van der Waals surface area contributed by atoms with Crippen molar-refractivity contribution in [3.8, 4) is 40.5 Å². The van der Waals surface area contributed by atoms with Crippen LogP contribution in [0.15, 0.2) is 58.2 Å². The van der Waals surface area contributed by atoms with E-state index in [-0.39, 0.29) is 34.0 Å². The van der Waals surface area contributed by atoms with Gasteiger partial charge in [-0.1, -0.05) is 35.5 Å². The Morgan fingerprint density at radius 3 is 2.51 bits per heavy atom. The van der Waals surface area contributed by atoms with Gasteiger partial charge >= 0.3 is 0 Å². The quantitative estimate of drug-likeness (QED) is 0.231. The van der Waals surface area contributed by atoms with Gasteiger partial charge in [-0.2, -0.15) is 10.5 Å². The molecule has 0 bridgehead atoms. The Morgan fingerprint density at radius 2 is 1.85 bits per heavy atom. The van der Waals surface area contributed by atoms with E-state index in [0.29, 0.717) is 52.1 Å². The van der Waals surface area contributed by atoms with E-state index in [1.807, 2.05) is 13.8 Å². The summed E-state index contributed by atoms with van der Waals surface area (Å²) in [6, 6.07) is 15.5. The molecule has 12 heteroatoms. The number of oxazole rings is 1. The molecule has 1 aliphatic heterocycles. The highest BCUT2D eigenvalue weighted by atomic mass is 35.5. The topological polar surface area (TPSA) is 140 Å². The third kappa shape index (κ3) is 6.29. The van der Waals surface area contributed by atoms with E-state index in [0.717, 1.165) is 0 Å². The van der Waals surface area contributed by atoms with E-state index in [9.17, 15) is 14.9 Å². The lowest BCUT2D eigenvalue weighted by atomic mass is 9.97. The highest BCUT2D eigenvalue weighted by Crippen LogP contribution is 2.37. The van der Waals surface area contributed by atoms with Crippen LogP contribution in [0.5, 0.6) is 5.75 Å². The van der Waals surface area contributed by atoms with Crippen molar-refractivity contribution in [3.63, 3.8) is 0 Å². The fraction of sp³-hybridized carbons (Fsp3) is 0.241. The summed E-state index contributed by atoms with van der Waals surface area (Å²) in [4.78, 5) is 8.76. The molecule has 208 valence electrons. The largest absolute Gasteiger partial charge is 0.491 e. The summed E-state index contributed by atoms with van der Waals surface area (Å²) < 4.78 is 36.2. The number of nitrogen functional groups attached to an aromatic ring is 1. The van der Waals surface area contributed by atoms with Crippen molar-refractivity contribution in [2.75, 3.05) is 18.9 Å². The summed E-state index contributed by atoms with van der Waals surface area (Å²) >= 11 is 7.10. The van der Waals surface area contributed by atoms with E-state index < -0.39 is 11.6 Å². The average molecular weight is 592 g/mol. The second-order valence-corrected chi connectivity index (χ2v) is 10.9. The first-order chi connectivity index (χ1) is 19.7. The predicted molar refractivity (Wildman–Crippen MR) is 150 cm³/mol. The second-order valence-electron chi connectivity index (χ2n) is 9.50. The molecule has 1 fully saturated rings. The normalized spacial score (nSPS) is 15.8. The molecule has 2 aromatic heterocycles. The first-order valence-electron chi connectivity index (χ1n) is 12.4. The van der Waals surface area contributed by atoms with Crippen LogP contribution in [0.3, 0.4) is 0 Å². The predicted octanol–water partition coefficient (Wildman–Crippen LogP) is 6.34. The maximum Gasteiger partial charge on any atom is 0.226 e. The number of halogens is 2. The monoisotopic (exact) mass is 591 g/mol. The zero-order valence-corrected chi connectivity index (χ0v) is 23.6. The van der Waals surface area contributed by atoms with E-state index in [1.54, 1.807) is 24.3 Å². The molecule has 3 heterocycles. The van der Waals surface area contributed by atoms with Crippen LogP contribution < -0.4 is 10.5 Å². The maximum atomic E-state index is 13.5. The van der Waals surface area contributed by atoms with Gasteiger partial charge in [-0.15, -0.1) is 0 Å². The van der Waals surface area contributed by atoms with E-state index in [2.05, 4.69) is 22.1 Å². The molecular formula is C29H23ClFN5O4S. The van der Waals surface area contributed by atoms with Crippen LogP contribution in [0.1, 0.15) is 30.7 Å².